The molecule has 0 fully saturated rings. The molecule has 2 aromatic rings. The van der Waals surface area contributed by atoms with Gasteiger partial charge in [0.1, 0.15) is 0 Å². The Morgan fingerprint density at radius 1 is 0.419 bits per heavy atom. The lowest BCUT2D eigenvalue weighted by Crippen LogP contribution is -2.33. The lowest BCUT2D eigenvalue weighted by Gasteiger charge is -2.41. The minimum atomic E-state index is -0.115. The fourth-order valence-corrected chi connectivity index (χ4v) is 4.79. The van der Waals surface area contributed by atoms with Crippen molar-refractivity contribution in [1.29, 1.82) is 0 Å². The molecule has 2 aromatic carbocycles. The van der Waals surface area contributed by atoms with Crippen LogP contribution >= 0.6 is 0 Å². The van der Waals surface area contributed by atoms with Gasteiger partial charge in [0, 0.05) is 5.41 Å². The zero-order chi connectivity index (χ0) is 24.2. The van der Waals surface area contributed by atoms with Crippen molar-refractivity contribution in [3.63, 3.8) is 0 Å². The van der Waals surface area contributed by atoms with Crippen molar-refractivity contribution in [2.75, 3.05) is 0 Å². The molecule has 172 valence electrons. The van der Waals surface area contributed by atoms with E-state index in [0.717, 1.165) is 0 Å². The fourth-order valence-electron chi connectivity index (χ4n) is 4.79. The van der Waals surface area contributed by atoms with Crippen LogP contribution in [0, 0.1) is 0 Å². The van der Waals surface area contributed by atoms with E-state index in [2.05, 4.69) is 133 Å². The molecule has 0 radical (unpaired) electrons. The Morgan fingerprint density at radius 3 is 1.19 bits per heavy atom. The first-order valence-corrected chi connectivity index (χ1v) is 12.0. The number of rotatable bonds is 2. The van der Waals surface area contributed by atoms with Gasteiger partial charge in [-0.25, -0.2) is 0 Å². The molecule has 0 heteroatoms. The highest BCUT2D eigenvalue weighted by atomic mass is 14.4. The first-order chi connectivity index (χ1) is 13.7. The van der Waals surface area contributed by atoms with Crippen molar-refractivity contribution in [3.05, 3.63) is 69.8 Å². The predicted octanol–water partition coefficient (Wildman–Crippen LogP) is 9.20. The Kier molecular flexibility index (Phi) is 6.46. The van der Waals surface area contributed by atoms with Gasteiger partial charge in [-0.05, 0) is 55.0 Å². The van der Waals surface area contributed by atoms with E-state index in [0.29, 0.717) is 0 Å². The second kappa shape index (κ2) is 7.79. The Labute approximate surface area is 193 Å². The van der Waals surface area contributed by atoms with E-state index in [4.69, 9.17) is 0 Å². The van der Waals surface area contributed by atoms with Gasteiger partial charge in [-0.1, -0.05) is 133 Å². The van der Waals surface area contributed by atoms with Gasteiger partial charge in [-0.3, -0.25) is 0 Å². The van der Waals surface area contributed by atoms with Crippen molar-refractivity contribution in [1.82, 2.24) is 0 Å². The average molecular weight is 421 g/mol. The first-order valence-electron chi connectivity index (χ1n) is 12.0. The number of hydrogen-bond acceptors (Lipinski definition) is 0. The van der Waals surface area contributed by atoms with Crippen LogP contribution in [0.25, 0.3) is 0 Å². The SMILES string of the molecule is CC(C)(C)c1ccc(C(C)(C)C)c(C(C)(C)c2c(C(C)(C)C)cccc2C(C)(C)C)c1. The van der Waals surface area contributed by atoms with E-state index in [1.165, 1.54) is 33.4 Å². The Morgan fingerprint density at radius 2 is 0.839 bits per heavy atom. The van der Waals surface area contributed by atoms with E-state index >= 15 is 0 Å². The van der Waals surface area contributed by atoms with E-state index < -0.39 is 0 Å². The van der Waals surface area contributed by atoms with Crippen LogP contribution in [0.5, 0.6) is 0 Å². The van der Waals surface area contributed by atoms with Crippen LogP contribution in [0.15, 0.2) is 36.4 Å². The molecule has 0 heterocycles. The van der Waals surface area contributed by atoms with Crippen molar-refractivity contribution in [3.8, 4) is 0 Å². The Hall–Kier alpha value is -1.56. The maximum Gasteiger partial charge on any atom is 0.0155 e. The highest BCUT2D eigenvalue weighted by molar-refractivity contribution is 5.55. The monoisotopic (exact) mass is 420 g/mol. The van der Waals surface area contributed by atoms with E-state index in [-0.39, 0.29) is 27.1 Å². The van der Waals surface area contributed by atoms with E-state index in [9.17, 15) is 0 Å². The zero-order valence-corrected chi connectivity index (χ0v) is 23.0. The van der Waals surface area contributed by atoms with Gasteiger partial charge < -0.3 is 0 Å². The summed E-state index contributed by atoms with van der Waals surface area (Å²) in [4.78, 5) is 0. The molecule has 0 aliphatic carbocycles. The third-order valence-electron chi connectivity index (χ3n) is 6.67. The smallest absolute Gasteiger partial charge is 0.0155 e. The average Bonchev–Trinajstić information content (AvgIpc) is 2.57. The van der Waals surface area contributed by atoms with Gasteiger partial charge in [0.15, 0.2) is 0 Å². The molecule has 0 bridgehead atoms. The van der Waals surface area contributed by atoms with Crippen LogP contribution in [0.1, 0.15) is 130 Å². The summed E-state index contributed by atoms with van der Waals surface area (Å²) in [6, 6.07) is 14.2. The van der Waals surface area contributed by atoms with Crippen LogP contribution in [0.4, 0.5) is 0 Å². The molecule has 0 unspecified atom stereocenters. The van der Waals surface area contributed by atoms with Crippen LogP contribution in [-0.4, -0.2) is 0 Å². The third kappa shape index (κ3) is 5.27. The van der Waals surface area contributed by atoms with Gasteiger partial charge in [0.05, 0.1) is 0 Å². The van der Waals surface area contributed by atoms with Crippen molar-refractivity contribution in [2.24, 2.45) is 0 Å². The molecule has 0 spiro atoms. The van der Waals surface area contributed by atoms with Gasteiger partial charge in [0.2, 0.25) is 0 Å². The molecule has 0 aromatic heterocycles. The largest absolute Gasteiger partial charge is 0.0617 e. The highest BCUT2D eigenvalue weighted by Gasteiger charge is 2.38. The second-order valence-corrected chi connectivity index (χ2v) is 14.1. The minimum Gasteiger partial charge on any atom is -0.0617 e. The van der Waals surface area contributed by atoms with Crippen molar-refractivity contribution >= 4 is 0 Å². The molecule has 0 saturated heterocycles. The van der Waals surface area contributed by atoms with Crippen LogP contribution in [0.3, 0.4) is 0 Å². The van der Waals surface area contributed by atoms with E-state index in [1.54, 1.807) is 0 Å². The highest BCUT2D eigenvalue weighted by Crippen LogP contribution is 2.47. The quantitative estimate of drug-likeness (QED) is 0.454. The molecule has 0 amide bonds. The van der Waals surface area contributed by atoms with Gasteiger partial charge >= 0.3 is 0 Å². The van der Waals surface area contributed by atoms with E-state index in [1.807, 2.05) is 0 Å². The number of benzene rings is 2. The van der Waals surface area contributed by atoms with Gasteiger partial charge in [-0.15, -0.1) is 0 Å². The topological polar surface area (TPSA) is 0 Å². The number of hydrogen-bond donors (Lipinski definition) is 0. The lowest BCUT2D eigenvalue weighted by atomic mass is 9.63. The normalized spacial score (nSPS) is 14.1. The maximum absolute atomic E-state index is 2.51. The third-order valence-corrected chi connectivity index (χ3v) is 6.67. The molecule has 0 aliphatic rings. The van der Waals surface area contributed by atoms with Crippen LogP contribution < -0.4 is 0 Å². The summed E-state index contributed by atoms with van der Waals surface area (Å²) in [5.41, 5.74) is 9.02. The standard InChI is InChI=1S/C31H48/c1-27(2,3)21-18-19-22(28(4,5)6)25(20-21)31(13,14)26-23(29(7,8)9)16-15-17-24(26)30(10,11)12/h15-20H,1-14H3. The van der Waals surface area contributed by atoms with Crippen LogP contribution in [0.2, 0.25) is 0 Å². The zero-order valence-electron chi connectivity index (χ0n) is 23.0. The Bertz CT molecular complexity index is 894. The molecule has 31 heavy (non-hydrogen) atoms. The molecule has 0 saturated carbocycles. The summed E-state index contributed by atoms with van der Waals surface area (Å²) in [6.07, 6.45) is 0. The van der Waals surface area contributed by atoms with Gasteiger partial charge in [0.25, 0.3) is 0 Å². The maximum atomic E-state index is 2.51. The molecule has 0 nitrogen and oxygen atoms in total. The summed E-state index contributed by atoms with van der Waals surface area (Å²) in [5, 5.41) is 0. The summed E-state index contributed by atoms with van der Waals surface area (Å²) in [6.45, 7) is 33.0. The summed E-state index contributed by atoms with van der Waals surface area (Å²) in [5.74, 6) is 0. The molecule has 2 rings (SSSR count). The first kappa shape index (κ1) is 25.7. The Balaban J connectivity index is 3.03. The molecule has 0 aliphatic heterocycles. The summed E-state index contributed by atoms with van der Waals surface area (Å²) >= 11 is 0. The van der Waals surface area contributed by atoms with Gasteiger partial charge in [-0.2, -0.15) is 0 Å². The molecular weight excluding hydrogens is 372 g/mol. The summed E-state index contributed by atoms with van der Waals surface area (Å²) in [7, 11) is 0. The predicted molar refractivity (Wildman–Crippen MR) is 140 cm³/mol. The minimum absolute atomic E-state index is 0.0808. The van der Waals surface area contributed by atoms with Crippen LogP contribution in [-0.2, 0) is 27.1 Å². The molecule has 0 N–H and O–H groups in total. The fraction of sp³-hybridized carbons (Fsp3) is 0.613. The van der Waals surface area contributed by atoms with Crippen molar-refractivity contribution < 1.29 is 0 Å². The lowest BCUT2D eigenvalue weighted by molar-refractivity contribution is 0.499. The molecular formula is C31H48. The summed E-state index contributed by atoms with van der Waals surface area (Å²) < 4.78 is 0. The van der Waals surface area contributed by atoms with Crippen molar-refractivity contribution in [2.45, 2.75) is 124 Å². The molecule has 0 atom stereocenters. The second-order valence-electron chi connectivity index (χ2n) is 14.1.